The first-order valence-electron chi connectivity index (χ1n) is 16.3. The lowest BCUT2D eigenvalue weighted by Gasteiger charge is -2.14. The summed E-state index contributed by atoms with van der Waals surface area (Å²) in [5.41, 5.74) is 12.5. The summed E-state index contributed by atoms with van der Waals surface area (Å²) in [4.78, 5) is 46.5. The lowest BCUT2D eigenvalue weighted by molar-refractivity contribution is 0.0954. The van der Waals surface area contributed by atoms with E-state index < -0.39 is 0 Å². The van der Waals surface area contributed by atoms with Crippen molar-refractivity contribution in [2.75, 3.05) is 6.54 Å². The van der Waals surface area contributed by atoms with Crippen molar-refractivity contribution in [3.8, 4) is 22.9 Å². The Kier molecular flexibility index (Phi) is 8.90. The highest BCUT2D eigenvalue weighted by molar-refractivity contribution is 5.97. The molecule has 0 aromatic heterocycles. The summed E-state index contributed by atoms with van der Waals surface area (Å²) in [6.45, 7) is 15.6. The molecule has 0 radical (unpaired) electrons. The summed E-state index contributed by atoms with van der Waals surface area (Å²) >= 11 is 0. The summed E-state index contributed by atoms with van der Waals surface area (Å²) in [5, 5.41) is 2.94. The first-order valence-corrected chi connectivity index (χ1v) is 16.3. The molecule has 1 N–H and O–H groups in total. The monoisotopic (exact) mass is 653 g/mol. The quantitative estimate of drug-likeness (QED) is 0.191. The number of carbonyl (C=O) groups excluding carboxylic acids is 1. The summed E-state index contributed by atoms with van der Waals surface area (Å²) in [6, 6.07) is 19.3. The maximum absolute atomic E-state index is 12.5. The van der Waals surface area contributed by atoms with Crippen molar-refractivity contribution in [1.82, 2.24) is 15.3 Å². The molecule has 0 bridgehead atoms. The number of amides is 1. The Balaban J connectivity index is 0.000000182. The minimum Gasteiger partial charge on any atom is -0.452 e. The van der Waals surface area contributed by atoms with Gasteiger partial charge in [0.05, 0.1) is 0 Å². The molecule has 7 rings (SSSR count). The second-order valence-electron chi connectivity index (χ2n) is 12.8. The van der Waals surface area contributed by atoms with E-state index in [2.05, 4.69) is 16.4 Å². The molecule has 3 aromatic rings. The van der Waals surface area contributed by atoms with Gasteiger partial charge in [0.2, 0.25) is 0 Å². The fourth-order valence-electron chi connectivity index (χ4n) is 6.17. The fourth-order valence-corrected chi connectivity index (χ4v) is 6.17. The van der Waals surface area contributed by atoms with E-state index in [1.807, 2.05) is 71.0 Å². The second kappa shape index (κ2) is 13.1. The Bertz CT molecular complexity index is 2460. The average Bonchev–Trinajstić information content (AvgIpc) is 3.10. The van der Waals surface area contributed by atoms with Crippen LogP contribution in [0, 0.1) is 55.4 Å². The molecule has 248 valence electrons. The van der Waals surface area contributed by atoms with Crippen LogP contribution in [-0.4, -0.2) is 22.4 Å². The highest BCUT2D eigenvalue weighted by atomic mass is 16.3. The van der Waals surface area contributed by atoms with Gasteiger partial charge < -0.3 is 14.2 Å². The van der Waals surface area contributed by atoms with Crippen molar-refractivity contribution in [2.24, 2.45) is 0 Å². The fraction of sp³-hybridized carbons (Fsp3) is 0.244. The normalized spacial score (nSPS) is 11.3. The van der Waals surface area contributed by atoms with E-state index >= 15 is 0 Å². The molecule has 0 atom stereocenters. The van der Waals surface area contributed by atoms with Crippen molar-refractivity contribution in [1.29, 1.82) is 0 Å². The number of fused-ring (bicyclic) bond motifs is 4. The Morgan fingerprint density at radius 3 is 1.88 bits per heavy atom. The van der Waals surface area contributed by atoms with Crippen LogP contribution in [0.5, 0.6) is 0 Å². The molecule has 0 unspecified atom stereocenters. The number of aromatic nitrogens is 2. The van der Waals surface area contributed by atoms with Crippen LogP contribution in [-0.2, 0) is 6.42 Å². The molecule has 8 nitrogen and oxygen atoms in total. The molecule has 2 aliphatic carbocycles. The first kappa shape index (κ1) is 33.3. The summed E-state index contributed by atoms with van der Waals surface area (Å²) < 4.78 is 12.0. The Labute approximate surface area is 284 Å². The van der Waals surface area contributed by atoms with Gasteiger partial charge in [-0.2, -0.15) is 0 Å². The molecular formula is C41H39N3O5. The highest BCUT2D eigenvalue weighted by Crippen LogP contribution is 2.33. The van der Waals surface area contributed by atoms with E-state index in [0.29, 0.717) is 57.1 Å². The lowest BCUT2D eigenvalue weighted by atomic mass is 9.99. The maximum atomic E-state index is 12.5. The van der Waals surface area contributed by atoms with Crippen molar-refractivity contribution >= 4 is 28.1 Å². The van der Waals surface area contributed by atoms with E-state index in [0.717, 1.165) is 51.0 Å². The SMILES string of the molecule is Cc1c2nc3ccc(C(=O)NCCc4ccccc4)cc3oc-2c(C)c(=O)c1C.Cc1cc(C)c2nc3c(C)c(C)c(=O)c(C)c-3oc2c1. The molecular weight excluding hydrogens is 614 g/mol. The number of hydrogen-bond acceptors (Lipinski definition) is 7. The molecule has 2 heterocycles. The summed E-state index contributed by atoms with van der Waals surface area (Å²) in [7, 11) is 0. The molecule has 2 aliphatic heterocycles. The van der Waals surface area contributed by atoms with Crippen molar-refractivity contribution < 1.29 is 13.6 Å². The van der Waals surface area contributed by atoms with E-state index in [4.69, 9.17) is 13.8 Å². The maximum Gasteiger partial charge on any atom is 0.251 e. The Hall–Kier alpha value is -5.63. The van der Waals surface area contributed by atoms with Crippen LogP contribution in [0.25, 0.3) is 45.1 Å². The van der Waals surface area contributed by atoms with Crippen LogP contribution in [0.2, 0.25) is 0 Å². The van der Waals surface area contributed by atoms with Gasteiger partial charge >= 0.3 is 0 Å². The molecule has 8 heteroatoms. The zero-order valence-electron chi connectivity index (χ0n) is 29.1. The smallest absolute Gasteiger partial charge is 0.251 e. The number of nitrogens with zero attached hydrogens (tertiary/aromatic N) is 2. The number of aryl methyl sites for hydroxylation is 2. The zero-order valence-corrected chi connectivity index (χ0v) is 29.1. The Morgan fingerprint density at radius 1 is 0.653 bits per heavy atom. The van der Waals surface area contributed by atoms with Gasteiger partial charge in [-0.05, 0) is 114 Å². The minimum absolute atomic E-state index is 0.0327. The average molecular weight is 654 g/mol. The molecule has 0 saturated heterocycles. The van der Waals surface area contributed by atoms with E-state index in [9.17, 15) is 14.4 Å². The van der Waals surface area contributed by atoms with E-state index in [1.54, 1.807) is 39.0 Å². The van der Waals surface area contributed by atoms with Crippen LogP contribution in [0.3, 0.4) is 0 Å². The van der Waals surface area contributed by atoms with Crippen molar-refractivity contribution in [3.63, 3.8) is 0 Å². The molecule has 4 aliphatic rings. The largest absolute Gasteiger partial charge is 0.452 e. The van der Waals surface area contributed by atoms with Crippen LogP contribution in [0.1, 0.15) is 60.4 Å². The second-order valence-corrected chi connectivity index (χ2v) is 12.8. The molecule has 0 saturated carbocycles. The topological polar surface area (TPSA) is 115 Å². The number of nitrogens with one attached hydrogen (secondary N) is 1. The van der Waals surface area contributed by atoms with Crippen LogP contribution < -0.4 is 16.2 Å². The third-order valence-corrected chi connectivity index (χ3v) is 9.36. The van der Waals surface area contributed by atoms with Crippen LogP contribution in [0.4, 0.5) is 0 Å². The number of hydrogen-bond donors (Lipinski definition) is 1. The number of rotatable bonds is 4. The van der Waals surface area contributed by atoms with Crippen LogP contribution in [0.15, 0.2) is 79.1 Å². The van der Waals surface area contributed by atoms with Gasteiger partial charge in [-0.1, -0.05) is 36.4 Å². The zero-order chi connectivity index (χ0) is 35.1. The van der Waals surface area contributed by atoms with Gasteiger partial charge in [-0.15, -0.1) is 0 Å². The standard InChI is InChI=1S/C24H22N2O3.C17H17NO2/c1-14-15(2)22(27)16(3)23-21(14)26-19-10-9-18(13-20(19)29-23)24(28)25-12-11-17-7-5-4-6-8-17;1-8-6-9(2)14-13(7-8)20-17-12(5)16(19)11(4)10(3)15(17)18-14/h4-10,13H,11-12H2,1-3H3,(H,25,28);6-7H,1-5H3. The van der Waals surface area contributed by atoms with Gasteiger partial charge in [-0.3, -0.25) is 14.4 Å². The van der Waals surface area contributed by atoms with Gasteiger partial charge in [0.15, 0.2) is 33.5 Å². The molecule has 49 heavy (non-hydrogen) atoms. The number of carbonyl (C=O) groups is 1. The molecule has 3 aromatic carbocycles. The van der Waals surface area contributed by atoms with Gasteiger partial charge in [0, 0.05) is 34.4 Å². The predicted octanol–water partition coefficient (Wildman–Crippen LogP) is 8.03. The van der Waals surface area contributed by atoms with Gasteiger partial charge in [0.25, 0.3) is 5.91 Å². The lowest BCUT2D eigenvalue weighted by Crippen LogP contribution is -2.25. The minimum atomic E-state index is -0.167. The molecule has 0 fully saturated rings. The summed E-state index contributed by atoms with van der Waals surface area (Å²) in [6.07, 6.45) is 0.765. The van der Waals surface area contributed by atoms with E-state index in [-0.39, 0.29) is 16.8 Å². The molecule has 0 spiro atoms. The predicted molar refractivity (Wildman–Crippen MR) is 194 cm³/mol. The van der Waals surface area contributed by atoms with E-state index in [1.165, 1.54) is 5.56 Å². The van der Waals surface area contributed by atoms with Crippen LogP contribution >= 0.6 is 0 Å². The van der Waals surface area contributed by atoms with Crippen molar-refractivity contribution in [3.05, 3.63) is 137 Å². The number of benzene rings is 5. The highest BCUT2D eigenvalue weighted by Gasteiger charge is 2.22. The Morgan fingerprint density at radius 2 is 1.24 bits per heavy atom. The van der Waals surface area contributed by atoms with Gasteiger partial charge in [0.1, 0.15) is 22.4 Å². The summed E-state index contributed by atoms with van der Waals surface area (Å²) in [5.74, 6) is 0.919. The van der Waals surface area contributed by atoms with Gasteiger partial charge in [-0.25, -0.2) is 9.97 Å². The third kappa shape index (κ3) is 6.22. The first-order chi connectivity index (χ1) is 23.3. The van der Waals surface area contributed by atoms with Crippen molar-refractivity contribution in [2.45, 2.75) is 61.8 Å². The molecule has 1 amide bonds. The third-order valence-electron chi connectivity index (χ3n) is 9.36.